The molecule has 5 nitrogen and oxygen atoms in total. The van der Waals surface area contributed by atoms with E-state index >= 15 is 0 Å². The second-order valence-electron chi connectivity index (χ2n) is 6.33. The molecule has 2 aromatic rings. The lowest BCUT2D eigenvalue weighted by Crippen LogP contribution is -2.46. The Hall–Kier alpha value is -1.59. The number of nitrogens with zero attached hydrogens (tertiary/aromatic N) is 2. The second-order valence-corrected chi connectivity index (χ2v) is 6.33. The van der Waals surface area contributed by atoms with Gasteiger partial charge in [-0.2, -0.15) is 0 Å². The summed E-state index contributed by atoms with van der Waals surface area (Å²) in [7, 11) is 0. The van der Waals surface area contributed by atoms with Crippen LogP contribution in [-0.4, -0.2) is 44.8 Å². The first-order valence-electron chi connectivity index (χ1n) is 7.67. The minimum absolute atomic E-state index is 0.0400. The molecule has 1 aromatic heterocycles. The van der Waals surface area contributed by atoms with Gasteiger partial charge < -0.3 is 15.0 Å². The summed E-state index contributed by atoms with van der Waals surface area (Å²) in [5, 5.41) is 10.1. The van der Waals surface area contributed by atoms with Gasteiger partial charge >= 0.3 is 5.69 Å². The molecular formula is C16H23N3O2. The summed E-state index contributed by atoms with van der Waals surface area (Å²) in [6, 6.07) is 7.78. The number of β-amino-alcohol motifs (C(OH)–C–C–N with tert-alkyl or cyclic N) is 1. The number of hydrogen-bond acceptors (Lipinski definition) is 3. The number of aromatic nitrogens is 2. The Morgan fingerprint density at radius 2 is 2.14 bits per heavy atom. The molecule has 1 unspecified atom stereocenters. The zero-order valence-corrected chi connectivity index (χ0v) is 12.5. The van der Waals surface area contributed by atoms with Crippen molar-refractivity contribution in [2.45, 2.75) is 38.3 Å². The molecule has 2 N–H and O–H groups in total. The van der Waals surface area contributed by atoms with Crippen molar-refractivity contribution in [2.75, 3.05) is 19.6 Å². The Kier molecular flexibility index (Phi) is 3.87. The van der Waals surface area contributed by atoms with E-state index in [9.17, 15) is 9.90 Å². The van der Waals surface area contributed by atoms with Gasteiger partial charge in [-0.05, 0) is 51.4 Å². The quantitative estimate of drug-likeness (QED) is 0.898. The van der Waals surface area contributed by atoms with Crippen molar-refractivity contribution in [3.63, 3.8) is 0 Å². The van der Waals surface area contributed by atoms with E-state index < -0.39 is 5.60 Å². The van der Waals surface area contributed by atoms with Gasteiger partial charge in [0.25, 0.3) is 0 Å². The molecule has 21 heavy (non-hydrogen) atoms. The standard InChI is InChI=1S/C16H23N3O2/c1-16(21)8-4-9-18(12-16)10-5-11-19-14-7-3-2-6-13(14)17-15(19)20/h2-3,6-7,21H,4-5,8-12H2,1H3,(H,17,20). The third-order valence-corrected chi connectivity index (χ3v) is 4.29. The van der Waals surface area contributed by atoms with Crippen LogP contribution in [0.25, 0.3) is 11.0 Å². The number of para-hydroxylation sites is 2. The van der Waals surface area contributed by atoms with E-state index in [1.54, 1.807) is 4.57 Å². The molecular weight excluding hydrogens is 266 g/mol. The van der Waals surface area contributed by atoms with E-state index in [1.807, 2.05) is 31.2 Å². The van der Waals surface area contributed by atoms with Gasteiger partial charge in [0.05, 0.1) is 16.6 Å². The third kappa shape index (κ3) is 3.19. The molecule has 114 valence electrons. The molecule has 5 heteroatoms. The molecule has 1 fully saturated rings. The fraction of sp³-hybridized carbons (Fsp3) is 0.562. The van der Waals surface area contributed by atoms with Gasteiger partial charge in [-0.3, -0.25) is 4.57 Å². The first kappa shape index (κ1) is 14.4. The maximum Gasteiger partial charge on any atom is 0.326 e. The number of benzene rings is 1. The minimum Gasteiger partial charge on any atom is -0.389 e. The highest BCUT2D eigenvalue weighted by Gasteiger charge is 2.27. The zero-order chi connectivity index (χ0) is 14.9. The van der Waals surface area contributed by atoms with Crippen molar-refractivity contribution >= 4 is 11.0 Å². The van der Waals surface area contributed by atoms with Gasteiger partial charge in [-0.1, -0.05) is 12.1 Å². The molecule has 1 atom stereocenters. The first-order valence-corrected chi connectivity index (χ1v) is 7.67. The fourth-order valence-corrected chi connectivity index (χ4v) is 3.30. The van der Waals surface area contributed by atoms with Gasteiger partial charge in [0.1, 0.15) is 0 Å². The van der Waals surface area contributed by atoms with E-state index in [-0.39, 0.29) is 5.69 Å². The van der Waals surface area contributed by atoms with Crippen LogP contribution >= 0.6 is 0 Å². The monoisotopic (exact) mass is 289 g/mol. The number of nitrogens with one attached hydrogen (secondary N) is 1. The Morgan fingerprint density at radius 1 is 1.33 bits per heavy atom. The van der Waals surface area contributed by atoms with E-state index in [1.165, 1.54) is 0 Å². The van der Waals surface area contributed by atoms with Crippen LogP contribution in [0.2, 0.25) is 0 Å². The molecule has 1 saturated heterocycles. The number of rotatable bonds is 4. The second kappa shape index (κ2) is 5.66. The molecule has 2 heterocycles. The lowest BCUT2D eigenvalue weighted by atomic mass is 9.95. The molecule has 0 radical (unpaired) electrons. The average Bonchev–Trinajstić information content (AvgIpc) is 2.74. The van der Waals surface area contributed by atoms with E-state index in [0.29, 0.717) is 6.54 Å². The topological polar surface area (TPSA) is 61.3 Å². The smallest absolute Gasteiger partial charge is 0.326 e. The summed E-state index contributed by atoms with van der Waals surface area (Å²) >= 11 is 0. The average molecular weight is 289 g/mol. The molecule has 0 saturated carbocycles. The fourth-order valence-electron chi connectivity index (χ4n) is 3.30. The molecule has 0 amide bonds. The van der Waals surface area contributed by atoms with E-state index in [2.05, 4.69) is 9.88 Å². The Morgan fingerprint density at radius 3 is 2.95 bits per heavy atom. The predicted molar refractivity (Wildman–Crippen MR) is 83.5 cm³/mol. The van der Waals surface area contributed by atoms with Gasteiger partial charge in [-0.15, -0.1) is 0 Å². The van der Waals surface area contributed by atoms with Crippen molar-refractivity contribution in [1.29, 1.82) is 0 Å². The minimum atomic E-state index is -0.560. The normalized spacial score (nSPS) is 23.7. The maximum absolute atomic E-state index is 12.0. The van der Waals surface area contributed by atoms with E-state index in [4.69, 9.17) is 0 Å². The number of aromatic amines is 1. The largest absolute Gasteiger partial charge is 0.389 e. The molecule has 0 bridgehead atoms. The predicted octanol–water partition coefficient (Wildman–Crippen LogP) is 1.57. The van der Waals surface area contributed by atoms with Crippen molar-refractivity contribution in [2.24, 2.45) is 0 Å². The van der Waals surface area contributed by atoms with Crippen molar-refractivity contribution in [3.8, 4) is 0 Å². The number of hydrogen-bond donors (Lipinski definition) is 2. The summed E-state index contributed by atoms with van der Waals surface area (Å²) in [6.45, 7) is 5.31. The number of fused-ring (bicyclic) bond motifs is 1. The van der Waals surface area contributed by atoms with Crippen molar-refractivity contribution < 1.29 is 5.11 Å². The lowest BCUT2D eigenvalue weighted by molar-refractivity contribution is -0.0159. The molecule has 1 aliphatic rings. The van der Waals surface area contributed by atoms with Crippen LogP contribution in [0.3, 0.4) is 0 Å². The number of aryl methyl sites for hydroxylation is 1. The van der Waals surface area contributed by atoms with Crippen LogP contribution in [0.1, 0.15) is 26.2 Å². The van der Waals surface area contributed by atoms with Crippen LogP contribution in [0, 0.1) is 0 Å². The van der Waals surface area contributed by atoms with Crippen molar-refractivity contribution in [1.82, 2.24) is 14.5 Å². The number of likely N-dealkylation sites (tertiary alicyclic amines) is 1. The summed E-state index contributed by atoms with van der Waals surface area (Å²) in [6.07, 6.45) is 2.84. The molecule has 3 rings (SSSR count). The summed E-state index contributed by atoms with van der Waals surface area (Å²) in [4.78, 5) is 17.2. The van der Waals surface area contributed by atoms with Crippen LogP contribution in [0.15, 0.2) is 29.1 Å². The number of aliphatic hydroxyl groups is 1. The molecule has 0 aliphatic carbocycles. The molecule has 1 aromatic carbocycles. The highest BCUT2D eigenvalue weighted by atomic mass is 16.3. The third-order valence-electron chi connectivity index (χ3n) is 4.29. The van der Waals surface area contributed by atoms with Gasteiger partial charge in [0, 0.05) is 13.1 Å². The summed E-state index contributed by atoms with van der Waals surface area (Å²) in [5.74, 6) is 0. The Labute approximate surface area is 124 Å². The maximum atomic E-state index is 12.0. The summed E-state index contributed by atoms with van der Waals surface area (Å²) < 4.78 is 1.80. The Bertz CT molecular complexity index is 671. The van der Waals surface area contributed by atoms with E-state index in [0.717, 1.165) is 49.9 Å². The Balaban J connectivity index is 1.62. The SMILES string of the molecule is CC1(O)CCCN(CCCn2c(=O)[nH]c3ccccc32)C1. The number of piperidine rings is 1. The van der Waals surface area contributed by atoms with Crippen LogP contribution in [0.4, 0.5) is 0 Å². The van der Waals surface area contributed by atoms with Crippen LogP contribution in [0.5, 0.6) is 0 Å². The highest BCUT2D eigenvalue weighted by Crippen LogP contribution is 2.20. The number of H-pyrrole nitrogens is 1. The van der Waals surface area contributed by atoms with Crippen LogP contribution < -0.4 is 5.69 Å². The van der Waals surface area contributed by atoms with Gasteiger partial charge in [-0.25, -0.2) is 4.79 Å². The van der Waals surface area contributed by atoms with Crippen LogP contribution in [-0.2, 0) is 6.54 Å². The van der Waals surface area contributed by atoms with Gasteiger partial charge in [0.2, 0.25) is 0 Å². The van der Waals surface area contributed by atoms with Crippen molar-refractivity contribution in [3.05, 3.63) is 34.7 Å². The number of imidazole rings is 1. The highest BCUT2D eigenvalue weighted by molar-refractivity contribution is 5.74. The van der Waals surface area contributed by atoms with Gasteiger partial charge in [0.15, 0.2) is 0 Å². The lowest BCUT2D eigenvalue weighted by Gasteiger charge is -2.36. The first-order chi connectivity index (χ1) is 10.1. The molecule has 1 aliphatic heterocycles. The molecule has 0 spiro atoms. The zero-order valence-electron chi connectivity index (χ0n) is 12.5. The summed E-state index contributed by atoms with van der Waals surface area (Å²) in [5.41, 5.74) is 1.26.